The fraction of sp³-hybridized carbons (Fsp3) is 0.759. The molecular formula is C29H51N2O4S-. The summed E-state index contributed by atoms with van der Waals surface area (Å²) in [6.45, 7) is 7.48. The van der Waals surface area contributed by atoms with Crippen molar-refractivity contribution in [1.29, 1.82) is 0 Å². The van der Waals surface area contributed by atoms with Gasteiger partial charge in [-0.15, -0.1) is 0 Å². The molecule has 0 aliphatic rings. The first-order chi connectivity index (χ1) is 17.4. The summed E-state index contributed by atoms with van der Waals surface area (Å²) in [4.78, 5) is 13.1. The molecule has 0 unspecified atom stereocenters. The number of benzene rings is 1. The van der Waals surface area contributed by atoms with E-state index in [2.05, 4.69) is 6.92 Å². The minimum absolute atomic E-state index is 0.197. The van der Waals surface area contributed by atoms with Crippen molar-refractivity contribution in [3.8, 4) is 0 Å². The number of rotatable bonds is 22. The van der Waals surface area contributed by atoms with E-state index in [1.54, 1.807) is 12.1 Å². The Balaban J connectivity index is 2.36. The van der Waals surface area contributed by atoms with Crippen molar-refractivity contribution < 1.29 is 18.3 Å². The maximum Gasteiger partial charge on any atom is 0.243 e. The molecule has 0 spiro atoms. The van der Waals surface area contributed by atoms with Crippen molar-refractivity contribution in [1.82, 2.24) is 4.31 Å². The lowest BCUT2D eigenvalue weighted by atomic mass is 10.0. The van der Waals surface area contributed by atoms with Crippen LogP contribution in [0.5, 0.6) is 0 Å². The summed E-state index contributed by atoms with van der Waals surface area (Å²) >= 11 is 0. The fourth-order valence-corrected chi connectivity index (χ4v) is 6.21. The maximum absolute atomic E-state index is 12.9. The fourth-order valence-electron chi connectivity index (χ4n) is 4.59. The topological polar surface area (TPSA) is 80.8 Å². The van der Waals surface area contributed by atoms with Crippen LogP contribution in [0, 0.1) is 0 Å². The molecule has 0 aromatic heterocycles. The quantitative estimate of drug-likeness (QED) is 0.151. The molecule has 0 heterocycles. The molecule has 0 bridgehead atoms. The van der Waals surface area contributed by atoms with Gasteiger partial charge in [0.1, 0.15) is 6.09 Å². The Morgan fingerprint density at radius 3 is 1.44 bits per heavy atom. The third-order valence-corrected chi connectivity index (χ3v) is 8.60. The number of hydrogen-bond donors (Lipinski definition) is 0. The lowest BCUT2D eigenvalue weighted by Crippen LogP contribution is -2.42. The van der Waals surface area contributed by atoms with Crippen molar-refractivity contribution in [2.24, 2.45) is 0 Å². The molecule has 0 aliphatic carbocycles. The zero-order chi connectivity index (χ0) is 26.7. The summed E-state index contributed by atoms with van der Waals surface area (Å²) in [5.74, 6) is 0. The number of amides is 1. The van der Waals surface area contributed by atoms with Gasteiger partial charge in [0.05, 0.1) is 4.90 Å². The zero-order valence-electron chi connectivity index (χ0n) is 23.2. The summed E-state index contributed by atoms with van der Waals surface area (Å²) in [6.07, 6.45) is 17.7. The van der Waals surface area contributed by atoms with Crippen LogP contribution in [-0.2, 0) is 10.0 Å². The largest absolute Gasteiger partial charge is 0.530 e. The Morgan fingerprint density at radius 1 is 0.639 bits per heavy atom. The molecule has 0 fully saturated rings. The molecule has 0 radical (unpaired) electrons. The normalized spacial score (nSPS) is 11.8. The van der Waals surface area contributed by atoms with Crippen LogP contribution in [0.3, 0.4) is 0 Å². The predicted octanol–water partition coefficient (Wildman–Crippen LogP) is 7.13. The molecule has 208 valence electrons. The maximum atomic E-state index is 12.9. The summed E-state index contributed by atoms with van der Waals surface area (Å²) in [6, 6.07) is 6.15. The Morgan fingerprint density at radius 2 is 1.06 bits per heavy atom. The van der Waals surface area contributed by atoms with Crippen molar-refractivity contribution in [2.75, 3.05) is 24.5 Å². The van der Waals surface area contributed by atoms with Gasteiger partial charge in [0.25, 0.3) is 0 Å². The zero-order valence-corrected chi connectivity index (χ0v) is 24.0. The van der Waals surface area contributed by atoms with Crippen molar-refractivity contribution in [2.45, 2.75) is 128 Å². The molecule has 0 aliphatic heterocycles. The van der Waals surface area contributed by atoms with Gasteiger partial charge in [-0.25, -0.2) is 8.42 Å². The second-order valence-corrected chi connectivity index (χ2v) is 11.8. The van der Waals surface area contributed by atoms with E-state index in [-0.39, 0.29) is 4.90 Å². The smallest absolute Gasteiger partial charge is 0.243 e. The van der Waals surface area contributed by atoms with E-state index in [0.717, 1.165) is 32.1 Å². The first-order valence-electron chi connectivity index (χ1n) is 14.5. The molecule has 6 nitrogen and oxygen atoms in total. The molecule has 36 heavy (non-hydrogen) atoms. The number of anilines is 1. The lowest BCUT2D eigenvalue weighted by molar-refractivity contribution is -0.246. The number of nitrogens with zero attached hydrogens (tertiary/aromatic N) is 2. The summed E-state index contributed by atoms with van der Waals surface area (Å²) in [5, 5.41) is 11.7. The van der Waals surface area contributed by atoms with E-state index < -0.39 is 16.1 Å². The van der Waals surface area contributed by atoms with E-state index in [1.165, 1.54) is 92.0 Å². The molecule has 7 heteroatoms. The van der Waals surface area contributed by atoms with E-state index in [9.17, 15) is 18.3 Å². The number of sulfonamides is 1. The molecule has 0 atom stereocenters. The average Bonchev–Trinajstić information content (AvgIpc) is 2.86. The number of carbonyl (C=O) groups excluding carboxylic acids is 1. The Labute approximate surface area is 221 Å². The monoisotopic (exact) mass is 523 g/mol. The molecule has 1 rings (SSSR count). The van der Waals surface area contributed by atoms with Gasteiger partial charge in [-0.2, -0.15) is 4.31 Å². The van der Waals surface area contributed by atoms with Crippen molar-refractivity contribution in [3.05, 3.63) is 24.3 Å². The third kappa shape index (κ3) is 12.6. The second kappa shape index (κ2) is 19.5. The number of carboxylic acid groups (broad SMARTS) is 1. The highest BCUT2D eigenvalue weighted by Crippen LogP contribution is 2.22. The van der Waals surface area contributed by atoms with Gasteiger partial charge in [0.2, 0.25) is 10.0 Å². The van der Waals surface area contributed by atoms with Gasteiger partial charge in [-0.1, -0.05) is 104 Å². The first-order valence-corrected chi connectivity index (χ1v) is 15.9. The molecule has 0 N–H and O–H groups in total. The van der Waals surface area contributed by atoms with Crippen LogP contribution in [0.2, 0.25) is 0 Å². The van der Waals surface area contributed by atoms with Gasteiger partial charge < -0.3 is 14.8 Å². The van der Waals surface area contributed by atoms with E-state index in [0.29, 0.717) is 25.3 Å². The molecule has 0 saturated heterocycles. The number of hydrogen-bond acceptors (Lipinski definition) is 4. The number of unbranched alkanes of at least 4 members (excludes halogenated alkanes) is 13. The van der Waals surface area contributed by atoms with Crippen LogP contribution in [0.15, 0.2) is 29.2 Å². The van der Waals surface area contributed by atoms with Gasteiger partial charge in [0, 0.05) is 25.3 Å². The van der Waals surface area contributed by atoms with Crippen LogP contribution < -0.4 is 10.0 Å². The van der Waals surface area contributed by atoms with Crippen molar-refractivity contribution >= 4 is 21.8 Å². The summed E-state index contributed by atoms with van der Waals surface area (Å²) in [5.41, 5.74) is 0.459. The van der Waals surface area contributed by atoms with Crippen LogP contribution in [-0.4, -0.2) is 38.5 Å². The number of carbonyl (C=O) groups is 1. The van der Waals surface area contributed by atoms with Gasteiger partial charge in [-0.3, -0.25) is 0 Å². The predicted molar refractivity (Wildman–Crippen MR) is 149 cm³/mol. The minimum Gasteiger partial charge on any atom is -0.530 e. The molecule has 0 saturated carbocycles. The summed E-state index contributed by atoms with van der Waals surface area (Å²) in [7, 11) is -3.58. The highest BCUT2D eigenvalue weighted by molar-refractivity contribution is 7.89. The Kier molecular flexibility index (Phi) is 17.6. The molecular weight excluding hydrogens is 472 g/mol. The molecule has 1 aromatic rings. The molecule has 1 aromatic carbocycles. The van der Waals surface area contributed by atoms with Gasteiger partial charge in [0.15, 0.2) is 0 Å². The van der Waals surface area contributed by atoms with E-state index in [4.69, 9.17) is 0 Å². The first kappa shape index (κ1) is 32.4. The van der Waals surface area contributed by atoms with Gasteiger partial charge >= 0.3 is 0 Å². The average molecular weight is 524 g/mol. The highest BCUT2D eigenvalue weighted by atomic mass is 32.2. The Bertz CT molecular complexity index is 790. The lowest BCUT2D eigenvalue weighted by Gasteiger charge is -2.26. The summed E-state index contributed by atoms with van der Waals surface area (Å²) < 4.78 is 27.4. The minimum atomic E-state index is -3.58. The Hall–Kier alpha value is -1.60. The van der Waals surface area contributed by atoms with Crippen LogP contribution in [0.25, 0.3) is 0 Å². The van der Waals surface area contributed by atoms with Crippen LogP contribution >= 0.6 is 0 Å². The van der Waals surface area contributed by atoms with Crippen molar-refractivity contribution in [3.63, 3.8) is 0 Å². The standard InChI is InChI=1S/C29H52N2O4S/c1-4-7-8-9-10-11-12-13-14-15-16-17-18-19-26-31(29(32)33)27-20-22-28(23-21-27)36(34,35)30(24-5-2)25-6-3/h20-23H,4-19,24-26H2,1-3H3,(H,32,33)/p-1. The van der Waals surface area contributed by atoms with Gasteiger partial charge in [-0.05, 0) is 43.5 Å². The van der Waals surface area contributed by atoms with E-state index in [1.807, 2.05) is 13.8 Å². The van der Waals surface area contributed by atoms with E-state index >= 15 is 0 Å². The van der Waals surface area contributed by atoms with Crippen LogP contribution in [0.4, 0.5) is 10.5 Å². The third-order valence-electron chi connectivity index (χ3n) is 6.69. The molecule has 1 amide bonds. The highest BCUT2D eigenvalue weighted by Gasteiger charge is 2.23. The second-order valence-electron chi connectivity index (χ2n) is 9.91. The SMILES string of the molecule is CCCCCCCCCCCCCCCCN(C(=O)[O-])c1ccc(S(=O)(=O)N(CCC)CCC)cc1. The van der Waals surface area contributed by atoms with Crippen LogP contribution in [0.1, 0.15) is 124 Å².